The number of aliphatic carboxylic acids is 1. The maximum absolute atomic E-state index is 10.8. The van der Waals surface area contributed by atoms with E-state index in [4.69, 9.17) is 14.6 Å². The lowest BCUT2D eigenvalue weighted by atomic mass is 9.98. The molecule has 0 saturated heterocycles. The number of aromatic nitrogens is 2. The van der Waals surface area contributed by atoms with Gasteiger partial charge in [0.2, 0.25) is 0 Å². The fourth-order valence-corrected chi connectivity index (χ4v) is 4.28. The first kappa shape index (κ1) is 23.2. The minimum absolute atomic E-state index is 0.138. The third-order valence-corrected chi connectivity index (χ3v) is 6.28. The summed E-state index contributed by atoms with van der Waals surface area (Å²) in [6.45, 7) is 1.96. The molecule has 0 aliphatic heterocycles. The van der Waals surface area contributed by atoms with Gasteiger partial charge in [-0.2, -0.15) is 0 Å². The highest BCUT2D eigenvalue weighted by Gasteiger charge is 2.16. The van der Waals surface area contributed by atoms with E-state index >= 15 is 0 Å². The van der Waals surface area contributed by atoms with Crippen molar-refractivity contribution in [2.45, 2.75) is 26.2 Å². The first-order valence-electron chi connectivity index (χ1n) is 11.9. The number of carboxylic acid groups (broad SMARTS) is 1. The molecule has 0 radical (unpaired) electrons. The van der Waals surface area contributed by atoms with Gasteiger partial charge in [0.15, 0.2) is 5.76 Å². The Morgan fingerprint density at radius 3 is 2.14 bits per heavy atom. The number of hydrogen-bond acceptors (Lipinski definition) is 4. The molecule has 1 N–H and O–H groups in total. The third-order valence-electron chi connectivity index (χ3n) is 6.28. The second kappa shape index (κ2) is 10.4. The Morgan fingerprint density at radius 1 is 0.778 bits per heavy atom. The first-order valence-corrected chi connectivity index (χ1v) is 11.9. The summed E-state index contributed by atoms with van der Waals surface area (Å²) in [4.78, 5) is 15.7. The van der Waals surface area contributed by atoms with Crippen molar-refractivity contribution in [2.75, 3.05) is 0 Å². The van der Waals surface area contributed by atoms with Crippen LogP contribution in [0.2, 0.25) is 0 Å². The molecular weight excluding hydrogens is 448 g/mol. The van der Waals surface area contributed by atoms with E-state index in [1.807, 2.05) is 79.7 Å². The molecule has 0 spiro atoms. The molecule has 178 valence electrons. The molecule has 0 aliphatic rings. The van der Waals surface area contributed by atoms with Gasteiger partial charge in [0.1, 0.15) is 0 Å². The number of rotatable bonds is 8. The maximum Gasteiger partial charge on any atom is 0.303 e. The lowest BCUT2D eigenvalue weighted by Crippen LogP contribution is -1.97. The van der Waals surface area contributed by atoms with Crippen LogP contribution in [0.4, 0.5) is 0 Å². The number of aryl methyl sites for hydroxylation is 2. The number of carbonyl (C=O) groups is 1. The SMILES string of the molecule is Cc1noc(-c2ccc(-c3ccc(CCC(=O)O)cc3)cc2)c1Cc1cccc(-c2ccccc2)n1. The molecule has 2 aromatic heterocycles. The van der Waals surface area contributed by atoms with Gasteiger partial charge in [0.25, 0.3) is 0 Å². The van der Waals surface area contributed by atoms with Crippen LogP contribution in [0.25, 0.3) is 33.7 Å². The Balaban J connectivity index is 1.36. The number of benzene rings is 3. The maximum atomic E-state index is 10.8. The largest absolute Gasteiger partial charge is 0.481 e. The first-order chi connectivity index (χ1) is 17.6. The molecule has 2 heterocycles. The predicted octanol–water partition coefficient (Wildman–Crippen LogP) is 6.99. The Labute approximate surface area is 210 Å². The van der Waals surface area contributed by atoms with Crippen LogP contribution in [0.15, 0.2) is 102 Å². The van der Waals surface area contributed by atoms with Crippen molar-refractivity contribution < 1.29 is 14.4 Å². The zero-order valence-corrected chi connectivity index (χ0v) is 20.0. The van der Waals surface area contributed by atoms with Crippen molar-refractivity contribution in [3.05, 3.63) is 120 Å². The van der Waals surface area contributed by atoms with E-state index in [9.17, 15) is 4.79 Å². The molecule has 5 aromatic rings. The Kier molecular flexibility index (Phi) is 6.72. The highest BCUT2D eigenvalue weighted by atomic mass is 16.5. The van der Waals surface area contributed by atoms with Gasteiger partial charge in [-0.25, -0.2) is 0 Å². The topological polar surface area (TPSA) is 76.2 Å². The van der Waals surface area contributed by atoms with Gasteiger partial charge in [0, 0.05) is 35.2 Å². The van der Waals surface area contributed by atoms with Crippen LogP contribution in [-0.4, -0.2) is 21.2 Å². The summed E-state index contributed by atoms with van der Waals surface area (Å²) in [5, 5.41) is 13.1. The third kappa shape index (κ3) is 5.26. The van der Waals surface area contributed by atoms with Crippen molar-refractivity contribution in [2.24, 2.45) is 0 Å². The van der Waals surface area contributed by atoms with E-state index in [2.05, 4.69) is 29.4 Å². The molecule has 0 saturated carbocycles. The van der Waals surface area contributed by atoms with Crippen molar-refractivity contribution in [1.82, 2.24) is 10.1 Å². The Morgan fingerprint density at radius 2 is 1.44 bits per heavy atom. The summed E-state index contributed by atoms with van der Waals surface area (Å²) in [6.07, 6.45) is 1.30. The van der Waals surface area contributed by atoms with E-state index < -0.39 is 5.97 Å². The van der Waals surface area contributed by atoms with Gasteiger partial charge < -0.3 is 9.63 Å². The Bertz CT molecular complexity index is 1470. The fraction of sp³-hybridized carbons (Fsp3) is 0.129. The van der Waals surface area contributed by atoms with Gasteiger partial charge in [-0.15, -0.1) is 0 Å². The molecule has 0 unspecified atom stereocenters. The van der Waals surface area contributed by atoms with Crippen molar-refractivity contribution in [3.63, 3.8) is 0 Å². The molecule has 3 aromatic carbocycles. The van der Waals surface area contributed by atoms with Gasteiger partial charge in [0.05, 0.1) is 11.4 Å². The van der Waals surface area contributed by atoms with E-state index in [0.29, 0.717) is 12.8 Å². The summed E-state index contributed by atoms with van der Waals surface area (Å²) in [5.74, 6) is -0.0219. The molecule has 0 aliphatic carbocycles. The number of nitrogens with zero attached hydrogens (tertiary/aromatic N) is 2. The molecule has 0 bridgehead atoms. The van der Waals surface area contributed by atoms with Gasteiger partial charge in [-0.1, -0.05) is 90.1 Å². The zero-order valence-electron chi connectivity index (χ0n) is 20.0. The van der Waals surface area contributed by atoms with E-state index in [-0.39, 0.29) is 6.42 Å². The van der Waals surface area contributed by atoms with Crippen LogP contribution in [0.1, 0.15) is 28.9 Å². The summed E-state index contributed by atoms with van der Waals surface area (Å²) >= 11 is 0. The second-order valence-corrected chi connectivity index (χ2v) is 8.80. The highest BCUT2D eigenvalue weighted by molar-refractivity contribution is 5.70. The molecule has 0 amide bonds. The van der Waals surface area contributed by atoms with E-state index in [0.717, 1.165) is 56.2 Å². The number of pyridine rings is 1. The summed E-state index contributed by atoms with van der Waals surface area (Å²) < 4.78 is 5.75. The quantitative estimate of drug-likeness (QED) is 0.262. The standard InChI is InChI=1S/C31H26N2O3/c1-21-28(20-27-8-5-9-29(32-27)25-6-3-2-4-7-25)31(36-33-21)26-17-15-24(16-18-26)23-13-10-22(11-14-23)12-19-30(34)35/h2-11,13-18H,12,19-20H2,1H3,(H,34,35). The molecule has 5 heteroatoms. The summed E-state index contributed by atoms with van der Waals surface area (Å²) in [6, 6.07) is 32.5. The highest BCUT2D eigenvalue weighted by Crippen LogP contribution is 2.31. The molecule has 5 rings (SSSR count). The second-order valence-electron chi connectivity index (χ2n) is 8.80. The lowest BCUT2D eigenvalue weighted by molar-refractivity contribution is -0.136. The molecule has 5 nitrogen and oxygen atoms in total. The summed E-state index contributed by atoms with van der Waals surface area (Å²) in [5.41, 5.74) is 9.03. The average molecular weight is 475 g/mol. The Hall–Kier alpha value is -4.51. The van der Waals surface area contributed by atoms with Crippen LogP contribution in [0, 0.1) is 6.92 Å². The zero-order chi connectivity index (χ0) is 24.9. The van der Waals surface area contributed by atoms with Crippen LogP contribution in [0.5, 0.6) is 0 Å². The lowest BCUT2D eigenvalue weighted by Gasteiger charge is -2.07. The van der Waals surface area contributed by atoms with Crippen molar-refractivity contribution in [3.8, 4) is 33.7 Å². The van der Waals surface area contributed by atoms with Gasteiger partial charge in [-0.05, 0) is 42.2 Å². The molecule has 0 atom stereocenters. The molecular formula is C31H26N2O3. The van der Waals surface area contributed by atoms with Crippen molar-refractivity contribution >= 4 is 5.97 Å². The van der Waals surface area contributed by atoms with Crippen LogP contribution >= 0.6 is 0 Å². The minimum Gasteiger partial charge on any atom is -0.481 e. The van der Waals surface area contributed by atoms with E-state index in [1.165, 1.54) is 0 Å². The number of carboxylic acids is 1. The minimum atomic E-state index is -0.781. The van der Waals surface area contributed by atoms with Crippen LogP contribution in [0.3, 0.4) is 0 Å². The van der Waals surface area contributed by atoms with Crippen molar-refractivity contribution in [1.29, 1.82) is 0 Å². The summed E-state index contributed by atoms with van der Waals surface area (Å²) in [7, 11) is 0. The molecule has 36 heavy (non-hydrogen) atoms. The predicted molar refractivity (Wildman–Crippen MR) is 141 cm³/mol. The van der Waals surface area contributed by atoms with Crippen LogP contribution < -0.4 is 0 Å². The fourth-order valence-electron chi connectivity index (χ4n) is 4.28. The molecule has 0 fully saturated rings. The smallest absolute Gasteiger partial charge is 0.303 e. The van der Waals surface area contributed by atoms with Gasteiger partial charge in [-0.3, -0.25) is 9.78 Å². The average Bonchev–Trinajstić information content (AvgIpc) is 3.28. The number of hydrogen-bond donors (Lipinski definition) is 1. The normalized spacial score (nSPS) is 10.9. The monoisotopic (exact) mass is 474 g/mol. The van der Waals surface area contributed by atoms with Crippen LogP contribution in [-0.2, 0) is 17.6 Å². The van der Waals surface area contributed by atoms with E-state index in [1.54, 1.807) is 0 Å². The van der Waals surface area contributed by atoms with Gasteiger partial charge >= 0.3 is 5.97 Å².